The van der Waals surface area contributed by atoms with Crippen LogP contribution in [0.4, 0.5) is 0 Å². The van der Waals surface area contributed by atoms with Gasteiger partial charge in [-0.3, -0.25) is 0 Å². The molecule has 4 nitrogen and oxygen atoms in total. The first kappa shape index (κ1) is 13.2. The van der Waals surface area contributed by atoms with Gasteiger partial charge in [-0.15, -0.1) is 0 Å². The lowest BCUT2D eigenvalue weighted by atomic mass is 10.3. The van der Waals surface area contributed by atoms with E-state index in [4.69, 9.17) is 15.4 Å². The third-order valence-electron chi connectivity index (χ3n) is 2.40. The van der Waals surface area contributed by atoms with Crippen LogP contribution in [0.15, 0.2) is 0 Å². The van der Waals surface area contributed by atoms with E-state index in [0.717, 1.165) is 32.7 Å². The van der Waals surface area contributed by atoms with Crippen molar-refractivity contribution < 1.29 is 13.2 Å². The van der Waals surface area contributed by atoms with Crippen LogP contribution in [0.2, 0.25) is 0 Å². The second-order valence-corrected chi connectivity index (χ2v) is 6.83. The molecule has 1 atom stereocenters. The highest BCUT2D eigenvalue weighted by atomic mass is 35.7. The average Bonchev–Trinajstić information content (AvgIpc) is 2.27. The molecule has 0 amide bonds. The Morgan fingerprint density at radius 3 is 2.93 bits per heavy atom. The van der Waals surface area contributed by atoms with Crippen molar-refractivity contribution in [2.24, 2.45) is 0 Å². The molecule has 6 heteroatoms. The van der Waals surface area contributed by atoms with Crippen LogP contribution < -0.4 is 0 Å². The number of ether oxygens (including phenoxy) is 1. The average molecular weight is 256 g/mol. The second kappa shape index (κ2) is 6.03. The van der Waals surface area contributed by atoms with Crippen molar-refractivity contribution in [2.45, 2.75) is 25.9 Å². The SMILES string of the molecule is CC1CN(CCCS(=O)(=O)Cl)CCCO1. The van der Waals surface area contributed by atoms with Crippen molar-refractivity contribution in [3.63, 3.8) is 0 Å². The molecule has 1 aliphatic heterocycles. The summed E-state index contributed by atoms with van der Waals surface area (Å²) in [5, 5.41) is 0. The summed E-state index contributed by atoms with van der Waals surface area (Å²) in [5.74, 6) is 0.0558. The Kier molecular flexibility index (Phi) is 5.32. The van der Waals surface area contributed by atoms with E-state index in [1.54, 1.807) is 0 Å². The molecule has 0 aromatic carbocycles. The van der Waals surface area contributed by atoms with Crippen LogP contribution in [-0.2, 0) is 13.8 Å². The van der Waals surface area contributed by atoms with Gasteiger partial charge in [0.1, 0.15) is 0 Å². The van der Waals surface area contributed by atoms with Crippen LogP contribution in [0.5, 0.6) is 0 Å². The van der Waals surface area contributed by atoms with Gasteiger partial charge in [0.2, 0.25) is 9.05 Å². The zero-order chi connectivity index (χ0) is 11.3. The topological polar surface area (TPSA) is 46.6 Å². The Balaban J connectivity index is 2.25. The Labute approximate surface area is 96.0 Å². The summed E-state index contributed by atoms with van der Waals surface area (Å²) < 4.78 is 26.9. The van der Waals surface area contributed by atoms with Gasteiger partial charge in [0, 0.05) is 30.4 Å². The highest BCUT2D eigenvalue weighted by Gasteiger charge is 2.15. The zero-order valence-electron chi connectivity index (χ0n) is 8.99. The maximum absolute atomic E-state index is 10.7. The quantitative estimate of drug-likeness (QED) is 0.705. The van der Waals surface area contributed by atoms with Gasteiger partial charge in [-0.25, -0.2) is 8.42 Å². The predicted molar refractivity (Wildman–Crippen MR) is 60.7 cm³/mol. The van der Waals surface area contributed by atoms with Crippen LogP contribution in [0.25, 0.3) is 0 Å². The first-order valence-corrected chi connectivity index (χ1v) is 7.71. The summed E-state index contributed by atoms with van der Waals surface area (Å²) in [7, 11) is 1.81. The first-order valence-electron chi connectivity index (χ1n) is 5.23. The maximum Gasteiger partial charge on any atom is 0.232 e. The molecule has 0 bridgehead atoms. The van der Waals surface area contributed by atoms with Crippen molar-refractivity contribution in [3.05, 3.63) is 0 Å². The number of hydrogen-bond acceptors (Lipinski definition) is 4. The molecule has 1 fully saturated rings. The second-order valence-electron chi connectivity index (χ2n) is 3.93. The molecule has 1 saturated heterocycles. The van der Waals surface area contributed by atoms with Crippen LogP contribution >= 0.6 is 10.7 Å². The molecular formula is C9H18ClNO3S. The summed E-state index contributed by atoms with van der Waals surface area (Å²) in [4.78, 5) is 2.24. The molecular weight excluding hydrogens is 238 g/mol. The summed E-state index contributed by atoms with van der Waals surface area (Å²) in [6, 6.07) is 0. The fraction of sp³-hybridized carbons (Fsp3) is 1.00. The molecule has 0 N–H and O–H groups in total. The lowest BCUT2D eigenvalue weighted by Gasteiger charge is -2.21. The minimum atomic E-state index is -3.33. The molecule has 15 heavy (non-hydrogen) atoms. The van der Waals surface area contributed by atoms with Gasteiger partial charge < -0.3 is 9.64 Å². The highest BCUT2D eigenvalue weighted by molar-refractivity contribution is 8.13. The normalized spacial score (nSPS) is 25.1. The fourth-order valence-corrected chi connectivity index (χ4v) is 2.55. The van der Waals surface area contributed by atoms with Crippen LogP contribution in [0, 0.1) is 0 Å². The van der Waals surface area contributed by atoms with E-state index < -0.39 is 9.05 Å². The Morgan fingerprint density at radius 2 is 2.27 bits per heavy atom. The molecule has 0 aliphatic carbocycles. The number of halogens is 1. The van der Waals surface area contributed by atoms with E-state index in [9.17, 15) is 8.42 Å². The van der Waals surface area contributed by atoms with Crippen molar-refractivity contribution in [1.82, 2.24) is 4.90 Å². The van der Waals surface area contributed by atoms with Gasteiger partial charge in [0.05, 0.1) is 11.9 Å². The predicted octanol–water partition coefficient (Wildman–Crippen LogP) is 1.06. The van der Waals surface area contributed by atoms with Crippen LogP contribution in [-0.4, -0.2) is 51.4 Å². The Bertz CT molecular complexity index is 281. The molecule has 0 aromatic heterocycles. The molecule has 0 spiro atoms. The van der Waals surface area contributed by atoms with Crippen molar-refractivity contribution in [2.75, 3.05) is 32.0 Å². The smallest absolute Gasteiger partial charge is 0.232 e. The number of hydrogen-bond donors (Lipinski definition) is 0. The van der Waals surface area contributed by atoms with Crippen molar-refractivity contribution >= 4 is 19.7 Å². The van der Waals surface area contributed by atoms with E-state index >= 15 is 0 Å². The molecule has 1 rings (SSSR count). The van der Waals surface area contributed by atoms with Gasteiger partial charge >= 0.3 is 0 Å². The first-order chi connectivity index (χ1) is 6.97. The van der Waals surface area contributed by atoms with Gasteiger partial charge in [0.15, 0.2) is 0 Å². The van der Waals surface area contributed by atoms with Crippen molar-refractivity contribution in [1.29, 1.82) is 0 Å². The molecule has 1 heterocycles. The van der Waals surface area contributed by atoms with E-state index in [1.165, 1.54) is 0 Å². The van der Waals surface area contributed by atoms with Crippen molar-refractivity contribution in [3.8, 4) is 0 Å². The third-order valence-corrected chi connectivity index (χ3v) is 3.64. The monoisotopic (exact) mass is 255 g/mol. The molecule has 0 aromatic rings. The van der Waals surface area contributed by atoms with Gasteiger partial charge in [-0.1, -0.05) is 0 Å². The summed E-state index contributed by atoms with van der Waals surface area (Å²) >= 11 is 0. The van der Waals surface area contributed by atoms with E-state index in [2.05, 4.69) is 4.90 Å². The summed E-state index contributed by atoms with van der Waals surface area (Å²) in [5.41, 5.74) is 0. The molecule has 1 unspecified atom stereocenters. The Hall–Kier alpha value is 0.160. The van der Waals surface area contributed by atoms with E-state index in [-0.39, 0.29) is 11.9 Å². The highest BCUT2D eigenvalue weighted by Crippen LogP contribution is 2.07. The Morgan fingerprint density at radius 1 is 1.53 bits per heavy atom. The molecule has 1 aliphatic rings. The molecule has 0 saturated carbocycles. The zero-order valence-corrected chi connectivity index (χ0v) is 10.6. The lowest BCUT2D eigenvalue weighted by molar-refractivity contribution is 0.0678. The number of rotatable bonds is 4. The van der Waals surface area contributed by atoms with Crippen LogP contribution in [0.1, 0.15) is 19.8 Å². The van der Waals surface area contributed by atoms with Crippen LogP contribution in [0.3, 0.4) is 0 Å². The summed E-state index contributed by atoms with van der Waals surface area (Å²) in [6.07, 6.45) is 1.84. The minimum absolute atomic E-state index is 0.0558. The maximum atomic E-state index is 10.7. The summed E-state index contributed by atoms with van der Waals surface area (Å²) in [6.45, 7) is 5.47. The van der Waals surface area contributed by atoms with E-state index in [0.29, 0.717) is 6.42 Å². The standard InChI is InChI=1S/C9H18ClNO3S/c1-9-8-11(4-2-6-14-9)5-3-7-15(10,12)13/h9H,2-8H2,1H3. The van der Waals surface area contributed by atoms with Gasteiger partial charge in [0.25, 0.3) is 0 Å². The minimum Gasteiger partial charge on any atom is -0.377 e. The fourth-order valence-electron chi connectivity index (χ4n) is 1.74. The third kappa shape index (κ3) is 6.35. The van der Waals surface area contributed by atoms with Gasteiger partial charge in [-0.2, -0.15) is 0 Å². The van der Waals surface area contributed by atoms with Gasteiger partial charge in [-0.05, 0) is 26.3 Å². The molecule has 90 valence electrons. The number of nitrogens with zero attached hydrogens (tertiary/aromatic N) is 1. The largest absolute Gasteiger partial charge is 0.377 e. The lowest BCUT2D eigenvalue weighted by Crippen LogP contribution is -2.31. The van der Waals surface area contributed by atoms with E-state index in [1.807, 2.05) is 6.92 Å². The molecule has 0 radical (unpaired) electrons.